The summed E-state index contributed by atoms with van der Waals surface area (Å²) in [6.07, 6.45) is 8.40. The highest BCUT2D eigenvalue weighted by molar-refractivity contribution is 5.77. The molecular weight excluding hydrogens is 378 g/mol. The zero-order chi connectivity index (χ0) is 20.5. The number of pyridine rings is 1. The Morgan fingerprint density at radius 2 is 1.70 bits per heavy atom. The number of hydrogen-bond acceptors (Lipinski definition) is 6. The number of anilines is 2. The summed E-state index contributed by atoms with van der Waals surface area (Å²) in [4.78, 5) is 28.4. The maximum atomic E-state index is 12.4. The number of fused-ring (bicyclic) bond motifs is 1. The molecule has 3 N–H and O–H groups in total. The summed E-state index contributed by atoms with van der Waals surface area (Å²) in [7, 11) is 0. The van der Waals surface area contributed by atoms with Gasteiger partial charge in [-0.15, -0.1) is 0 Å². The standard InChI is InChI=1S/C22H23N7O/c1-14-11-24-21(13-23-14)27-16-7-6-15(10-16)26-20-9-8-17(12-25-20)29-19-5-3-2-4-18(19)28-22(29)30/h2-5,8-9,11-13,15-16H,6-7,10H2,1H3,(H,24,27)(H,25,26)(H,28,30)/t15-,16-/m0/s1. The molecule has 3 aromatic heterocycles. The molecule has 2 atom stereocenters. The van der Waals surface area contributed by atoms with Crippen molar-refractivity contribution >= 4 is 22.7 Å². The maximum absolute atomic E-state index is 12.4. The van der Waals surface area contributed by atoms with E-state index in [2.05, 4.69) is 30.6 Å². The van der Waals surface area contributed by atoms with Crippen LogP contribution in [0.5, 0.6) is 0 Å². The van der Waals surface area contributed by atoms with E-state index in [1.165, 1.54) is 0 Å². The minimum atomic E-state index is -0.164. The topological polar surface area (TPSA) is 101 Å². The Kier molecular flexibility index (Phi) is 4.66. The molecule has 152 valence electrons. The number of nitrogens with one attached hydrogen (secondary N) is 3. The monoisotopic (exact) mass is 401 g/mol. The maximum Gasteiger partial charge on any atom is 0.331 e. The van der Waals surface area contributed by atoms with E-state index in [4.69, 9.17) is 0 Å². The Labute approximate surface area is 173 Å². The highest BCUT2D eigenvalue weighted by Crippen LogP contribution is 2.25. The van der Waals surface area contributed by atoms with Gasteiger partial charge < -0.3 is 15.6 Å². The van der Waals surface area contributed by atoms with Crippen LogP contribution in [0.4, 0.5) is 11.6 Å². The first kappa shape index (κ1) is 18.4. The van der Waals surface area contributed by atoms with Gasteiger partial charge in [0.15, 0.2) is 0 Å². The average molecular weight is 401 g/mol. The summed E-state index contributed by atoms with van der Waals surface area (Å²) in [5.41, 5.74) is 3.15. The van der Waals surface area contributed by atoms with Crippen molar-refractivity contribution in [1.29, 1.82) is 0 Å². The van der Waals surface area contributed by atoms with E-state index in [-0.39, 0.29) is 5.69 Å². The van der Waals surface area contributed by atoms with Crippen molar-refractivity contribution < 1.29 is 0 Å². The van der Waals surface area contributed by atoms with Gasteiger partial charge in [0.1, 0.15) is 11.6 Å². The fourth-order valence-corrected chi connectivity index (χ4v) is 4.04. The molecule has 0 radical (unpaired) electrons. The van der Waals surface area contributed by atoms with Gasteiger partial charge in [-0.1, -0.05) is 12.1 Å². The molecule has 0 bridgehead atoms. The largest absolute Gasteiger partial charge is 0.367 e. The van der Waals surface area contributed by atoms with Crippen LogP contribution in [0.1, 0.15) is 25.0 Å². The normalized spacial score (nSPS) is 18.6. The molecule has 0 spiro atoms. The van der Waals surface area contributed by atoms with Gasteiger partial charge in [0, 0.05) is 12.1 Å². The van der Waals surface area contributed by atoms with Crippen LogP contribution in [0.25, 0.3) is 16.7 Å². The van der Waals surface area contributed by atoms with E-state index in [9.17, 15) is 4.79 Å². The van der Waals surface area contributed by atoms with E-state index in [0.717, 1.165) is 53.3 Å². The second kappa shape index (κ2) is 7.62. The number of benzene rings is 1. The van der Waals surface area contributed by atoms with Crippen LogP contribution in [-0.2, 0) is 0 Å². The first-order valence-corrected chi connectivity index (χ1v) is 10.1. The SMILES string of the molecule is Cc1cnc(N[C@H]2CC[C@H](Nc3ccc(-n4c(=O)[nH]c5ccccc54)cn3)C2)cn1. The highest BCUT2D eigenvalue weighted by Gasteiger charge is 2.25. The fourth-order valence-electron chi connectivity index (χ4n) is 4.04. The molecule has 0 saturated heterocycles. The average Bonchev–Trinajstić information content (AvgIpc) is 3.33. The second-order valence-electron chi connectivity index (χ2n) is 7.72. The summed E-state index contributed by atoms with van der Waals surface area (Å²) in [6.45, 7) is 1.93. The van der Waals surface area contributed by atoms with Crippen LogP contribution in [0.3, 0.4) is 0 Å². The number of aromatic nitrogens is 5. The summed E-state index contributed by atoms with van der Waals surface area (Å²) in [6, 6.07) is 12.2. The number of rotatable bonds is 5. The number of hydrogen-bond donors (Lipinski definition) is 3. The van der Waals surface area contributed by atoms with Crippen molar-refractivity contribution in [3.63, 3.8) is 0 Å². The Hall–Kier alpha value is -3.68. The Morgan fingerprint density at radius 1 is 0.933 bits per heavy atom. The first-order chi connectivity index (χ1) is 14.7. The molecule has 4 aromatic rings. The van der Waals surface area contributed by atoms with Gasteiger partial charge >= 0.3 is 5.69 Å². The van der Waals surface area contributed by atoms with Gasteiger partial charge in [0.2, 0.25) is 0 Å². The summed E-state index contributed by atoms with van der Waals surface area (Å²) >= 11 is 0. The summed E-state index contributed by atoms with van der Waals surface area (Å²) < 4.78 is 1.64. The third kappa shape index (κ3) is 3.63. The van der Waals surface area contributed by atoms with E-state index in [0.29, 0.717) is 12.1 Å². The minimum absolute atomic E-state index is 0.164. The van der Waals surface area contributed by atoms with Crippen molar-refractivity contribution in [3.8, 4) is 5.69 Å². The number of H-pyrrole nitrogens is 1. The van der Waals surface area contributed by atoms with Crippen LogP contribution >= 0.6 is 0 Å². The molecule has 30 heavy (non-hydrogen) atoms. The molecule has 0 unspecified atom stereocenters. The van der Waals surface area contributed by atoms with E-state index >= 15 is 0 Å². The van der Waals surface area contributed by atoms with Crippen molar-refractivity contribution in [3.05, 3.63) is 71.2 Å². The van der Waals surface area contributed by atoms with Crippen LogP contribution in [0.15, 0.2) is 59.8 Å². The molecule has 1 aromatic carbocycles. The third-order valence-corrected chi connectivity index (χ3v) is 5.51. The minimum Gasteiger partial charge on any atom is -0.367 e. The van der Waals surface area contributed by atoms with Crippen LogP contribution in [-0.4, -0.2) is 36.6 Å². The molecule has 0 aliphatic heterocycles. The predicted molar refractivity (Wildman–Crippen MR) is 117 cm³/mol. The predicted octanol–water partition coefficient (Wildman–Crippen LogP) is 3.26. The molecule has 1 saturated carbocycles. The number of aryl methyl sites for hydroxylation is 1. The van der Waals surface area contributed by atoms with Gasteiger partial charge in [-0.3, -0.25) is 9.55 Å². The second-order valence-corrected chi connectivity index (χ2v) is 7.72. The lowest BCUT2D eigenvalue weighted by Crippen LogP contribution is -2.21. The first-order valence-electron chi connectivity index (χ1n) is 10.1. The van der Waals surface area contributed by atoms with Gasteiger partial charge in [-0.05, 0) is 50.5 Å². The smallest absolute Gasteiger partial charge is 0.331 e. The van der Waals surface area contributed by atoms with Crippen molar-refractivity contribution in [2.75, 3.05) is 10.6 Å². The molecule has 8 heteroatoms. The molecule has 1 aliphatic rings. The lowest BCUT2D eigenvalue weighted by Gasteiger charge is -2.15. The Balaban J connectivity index is 1.25. The Morgan fingerprint density at radius 3 is 2.43 bits per heavy atom. The van der Waals surface area contributed by atoms with Crippen molar-refractivity contribution in [2.24, 2.45) is 0 Å². The number of para-hydroxylation sites is 2. The zero-order valence-corrected chi connectivity index (χ0v) is 16.7. The summed E-state index contributed by atoms with van der Waals surface area (Å²) in [5, 5.41) is 6.97. The van der Waals surface area contributed by atoms with E-state index in [1.54, 1.807) is 23.2 Å². The summed E-state index contributed by atoms with van der Waals surface area (Å²) in [5.74, 6) is 1.63. The fraction of sp³-hybridized carbons (Fsp3) is 0.273. The zero-order valence-electron chi connectivity index (χ0n) is 16.7. The molecule has 5 rings (SSSR count). The van der Waals surface area contributed by atoms with Crippen molar-refractivity contribution in [1.82, 2.24) is 24.5 Å². The molecule has 3 heterocycles. The number of nitrogens with zero attached hydrogens (tertiary/aromatic N) is 4. The van der Waals surface area contributed by atoms with Crippen LogP contribution in [0.2, 0.25) is 0 Å². The molecule has 8 nitrogen and oxygen atoms in total. The lowest BCUT2D eigenvalue weighted by molar-refractivity contribution is 0.719. The molecule has 0 amide bonds. The number of imidazole rings is 1. The quantitative estimate of drug-likeness (QED) is 0.475. The van der Waals surface area contributed by atoms with Crippen LogP contribution in [0, 0.1) is 6.92 Å². The van der Waals surface area contributed by atoms with Gasteiger partial charge in [0.05, 0.1) is 41.0 Å². The third-order valence-electron chi connectivity index (χ3n) is 5.51. The van der Waals surface area contributed by atoms with E-state index < -0.39 is 0 Å². The molecule has 1 aliphatic carbocycles. The van der Waals surface area contributed by atoms with E-state index in [1.807, 2.05) is 43.3 Å². The Bertz CT molecular complexity index is 1210. The lowest BCUT2D eigenvalue weighted by atomic mass is 10.2. The molecule has 1 fully saturated rings. The molecular formula is C22H23N7O. The van der Waals surface area contributed by atoms with Gasteiger partial charge in [-0.2, -0.15) is 0 Å². The highest BCUT2D eigenvalue weighted by atomic mass is 16.1. The van der Waals surface area contributed by atoms with Gasteiger partial charge in [0.25, 0.3) is 0 Å². The van der Waals surface area contributed by atoms with Gasteiger partial charge in [-0.25, -0.2) is 14.8 Å². The van der Waals surface area contributed by atoms with Crippen LogP contribution < -0.4 is 16.3 Å². The number of aromatic amines is 1. The van der Waals surface area contributed by atoms with Crippen molar-refractivity contribution in [2.45, 2.75) is 38.3 Å².